The zero-order chi connectivity index (χ0) is 13.0. The monoisotopic (exact) mass is 324 g/mol. The number of carbonyl (C=O) groups excluding carboxylic acids is 1. The molecule has 1 aliphatic heterocycles. The first-order valence-electron chi connectivity index (χ1n) is 6.27. The highest BCUT2D eigenvalue weighted by atomic mass is 35.5. The number of nitrogens with two attached hydrogens (primary N) is 1. The zero-order valence-electron chi connectivity index (χ0n) is 11.5. The van der Waals surface area contributed by atoms with E-state index in [0.29, 0.717) is 32.7 Å². The molecular formula is C12H22Cl2N4O2. The molecule has 1 aromatic heterocycles. The van der Waals surface area contributed by atoms with Gasteiger partial charge in [-0.1, -0.05) is 0 Å². The molecule has 1 aromatic rings. The number of hydrogen-bond donors (Lipinski definition) is 1. The second-order valence-electron chi connectivity index (χ2n) is 4.74. The van der Waals surface area contributed by atoms with Crippen molar-refractivity contribution in [2.24, 2.45) is 5.73 Å². The van der Waals surface area contributed by atoms with Crippen molar-refractivity contribution in [3.05, 3.63) is 18.5 Å². The molecular weight excluding hydrogens is 303 g/mol. The van der Waals surface area contributed by atoms with Crippen LogP contribution in [0.15, 0.2) is 18.5 Å². The molecule has 0 bridgehead atoms. The third-order valence-corrected chi connectivity index (χ3v) is 2.94. The summed E-state index contributed by atoms with van der Waals surface area (Å²) in [6.45, 7) is 4.37. The fourth-order valence-corrected chi connectivity index (χ4v) is 2.08. The molecule has 2 rings (SSSR count). The van der Waals surface area contributed by atoms with Crippen molar-refractivity contribution in [1.82, 2.24) is 14.7 Å². The summed E-state index contributed by atoms with van der Waals surface area (Å²) in [5, 5.41) is 4.14. The second kappa shape index (κ2) is 9.18. The molecule has 1 amide bonds. The van der Waals surface area contributed by atoms with Gasteiger partial charge in [-0.3, -0.25) is 9.48 Å². The molecule has 0 spiro atoms. The first-order chi connectivity index (χ1) is 8.65. The number of morpholine rings is 1. The van der Waals surface area contributed by atoms with Crippen molar-refractivity contribution in [1.29, 1.82) is 0 Å². The van der Waals surface area contributed by atoms with Gasteiger partial charge in [0.25, 0.3) is 0 Å². The van der Waals surface area contributed by atoms with Crippen LogP contribution >= 0.6 is 24.8 Å². The molecule has 20 heavy (non-hydrogen) atoms. The van der Waals surface area contributed by atoms with Gasteiger partial charge in [0.1, 0.15) is 0 Å². The van der Waals surface area contributed by atoms with Crippen molar-refractivity contribution >= 4 is 30.7 Å². The van der Waals surface area contributed by atoms with E-state index in [-0.39, 0.29) is 42.9 Å². The highest BCUT2D eigenvalue weighted by Crippen LogP contribution is 2.09. The first kappa shape index (κ1) is 19.2. The van der Waals surface area contributed by atoms with Crippen molar-refractivity contribution in [3.8, 4) is 0 Å². The van der Waals surface area contributed by atoms with E-state index < -0.39 is 0 Å². The maximum atomic E-state index is 11.9. The van der Waals surface area contributed by atoms with Crippen LogP contribution in [0, 0.1) is 0 Å². The largest absolute Gasteiger partial charge is 0.373 e. The SMILES string of the molecule is CC(N)CC(=O)N1CCOC(Cn2cccn2)C1.Cl.Cl. The zero-order valence-corrected chi connectivity index (χ0v) is 13.1. The predicted molar refractivity (Wildman–Crippen MR) is 81.3 cm³/mol. The minimum Gasteiger partial charge on any atom is -0.373 e. The minimum atomic E-state index is -0.0927. The Kier molecular flexibility index (Phi) is 8.80. The topological polar surface area (TPSA) is 73.4 Å². The Hall–Kier alpha value is -0.820. The summed E-state index contributed by atoms with van der Waals surface area (Å²) in [5.41, 5.74) is 5.65. The summed E-state index contributed by atoms with van der Waals surface area (Å²) in [6, 6.07) is 1.78. The normalized spacial score (nSPS) is 19.7. The van der Waals surface area contributed by atoms with Gasteiger partial charge < -0.3 is 15.4 Å². The molecule has 8 heteroatoms. The van der Waals surface area contributed by atoms with Crippen LogP contribution in [0.4, 0.5) is 0 Å². The Labute approximate surface area is 131 Å². The van der Waals surface area contributed by atoms with Gasteiger partial charge in [-0.15, -0.1) is 24.8 Å². The Bertz CT molecular complexity index is 387. The highest BCUT2D eigenvalue weighted by molar-refractivity contribution is 5.85. The number of hydrogen-bond acceptors (Lipinski definition) is 4. The van der Waals surface area contributed by atoms with Gasteiger partial charge in [-0.25, -0.2) is 0 Å². The van der Waals surface area contributed by atoms with Crippen LogP contribution in [-0.4, -0.2) is 52.4 Å². The van der Waals surface area contributed by atoms with Crippen molar-refractivity contribution in [2.45, 2.75) is 32.0 Å². The number of amides is 1. The first-order valence-corrected chi connectivity index (χ1v) is 6.27. The van der Waals surface area contributed by atoms with E-state index in [1.54, 1.807) is 6.20 Å². The lowest BCUT2D eigenvalue weighted by atomic mass is 10.2. The molecule has 0 aromatic carbocycles. The van der Waals surface area contributed by atoms with E-state index in [4.69, 9.17) is 10.5 Å². The van der Waals surface area contributed by atoms with Crippen molar-refractivity contribution < 1.29 is 9.53 Å². The summed E-state index contributed by atoms with van der Waals surface area (Å²) in [4.78, 5) is 13.8. The van der Waals surface area contributed by atoms with Gasteiger partial charge in [0, 0.05) is 37.9 Å². The summed E-state index contributed by atoms with van der Waals surface area (Å²) < 4.78 is 7.47. The number of carbonyl (C=O) groups is 1. The lowest BCUT2D eigenvalue weighted by molar-refractivity contribution is -0.139. The van der Waals surface area contributed by atoms with E-state index in [1.807, 2.05) is 28.8 Å². The third kappa shape index (κ3) is 5.66. The lowest BCUT2D eigenvalue weighted by Crippen LogP contribution is -2.48. The fourth-order valence-electron chi connectivity index (χ4n) is 2.08. The van der Waals surface area contributed by atoms with Gasteiger partial charge in [-0.05, 0) is 13.0 Å². The van der Waals surface area contributed by atoms with Crippen LogP contribution in [-0.2, 0) is 16.1 Å². The van der Waals surface area contributed by atoms with E-state index in [1.165, 1.54) is 0 Å². The Morgan fingerprint density at radius 1 is 1.55 bits per heavy atom. The Balaban J connectivity index is 0.00000180. The van der Waals surface area contributed by atoms with Crippen LogP contribution < -0.4 is 5.73 Å². The molecule has 1 saturated heterocycles. The second-order valence-corrected chi connectivity index (χ2v) is 4.74. The molecule has 0 radical (unpaired) electrons. The van der Waals surface area contributed by atoms with Crippen LogP contribution in [0.1, 0.15) is 13.3 Å². The molecule has 2 heterocycles. The third-order valence-electron chi connectivity index (χ3n) is 2.94. The number of nitrogens with zero attached hydrogens (tertiary/aromatic N) is 3. The van der Waals surface area contributed by atoms with Gasteiger partial charge in [0.05, 0.1) is 19.3 Å². The molecule has 0 aliphatic carbocycles. The maximum Gasteiger partial charge on any atom is 0.224 e. The number of halogens is 2. The highest BCUT2D eigenvalue weighted by Gasteiger charge is 2.24. The standard InChI is InChI=1S/C12H20N4O2.2ClH/c1-10(13)7-12(17)15-5-6-18-11(8-15)9-16-4-2-3-14-16;;/h2-4,10-11H,5-9,13H2,1H3;2*1H. The average molecular weight is 325 g/mol. The quantitative estimate of drug-likeness (QED) is 0.884. The van der Waals surface area contributed by atoms with E-state index in [2.05, 4.69) is 5.10 Å². The van der Waals surface area contributed by atoms with E-state index >= 15 is 0 Å². The van der Waals surface area contributed by atoms with Crippen LogP contribution in [0.25, 0.3) is 0 Å². The van der Waals surface area contributed by atoms with Gasteiger partial charge >= 0.3 is 0 Å². The Morgan fingerprint density at radius 3 is 2.90 bits per heavy atom. The van der Waals surface area contributed by atoms with Crippen LogP contribution in [0.3, 0.4) is 0 Å². The predicted octanol–water partition coefficient (Wildman–Crippen LogP) is 0.691. The summed E-state index contributed by atoms with van der Waals surface area (Å²) in [7, 11) is 0. The summed E-state index contributed by atoms with van der Waals surface area (Å²) in [5.74, 6) is 0.110. The molecule has 1 fully saturated rings. The van der Waals surface area contributed by atoms with Gasteiger partial charge in [0.2, 0.25) is 5.91 Å². The van der Waals surface area contributed by atoms with Crippen molar-refractivity contribution in [2.75, 3.05) is 19.7 Å². The fraction of sp³-hybridized carbons (Fsp3) is 0.667. The molecule has 2 unspecified atom stereocenters. The Morgan fingerprint density at radius 2 is 2.30 bits per heavy atom. The molecule has 0 saturated carbocycles. The molecule has 2 atom stereocenters. The van der Waals surface area contributed by atoms with Gasteiger partial charge in [-0.2, -0.15) is 5.10 Å². The smallest absolute Gasteiger partial charge is 0.224 e. The van der Waals surface area contributed by atoms with Gasteiger partial charge in [0.15, 0.2) is 0 Å². The molecule has 1 aliphatic rings. The average Bonchev–Trinajstić information content (AvgIpc) is 2.81. The van der Waals surface area contributed by atoms with E-state index in [0.717, 1.165) is 0 Å². The summed E-state index contributed by atoms with van der Waals surface area (Å²) in [6.07, 6.45) is 4.04. The summed E-state index contributed by atoms with van der Waals surface area (Å²) >= 11 is 0. The van der Waals surface area contributed by atoms with E-state index in [9.17, 15) is 4.79 Å². The van der Waals surface area contributed by atoms with Crippen LogP contribution in [0.5, 0.6) is 0 Å². The van der Waals surface area contributed by atoms with Crippen LogP contribution in [0.2, 0.25) is 0 Å². The lowest BCUT2D eigenvalue weighted by Gasteiger charge is -2.33. The molecule has 6 nitrogen and oxygen atoms in total. The van der Waals surface area contributed by atoms with Crippen molar-refractivity contribution in [3.63, 3.8) is 0 Å². The number of rotatable bonds is 4. The number of aromatic nitrogens is 2. The minimum absolute atomic E-state index is 0. The molecule has 2 N–H and O–H groups in total. The molecule has 116 valence electrons. The number of ether oxygens (including phenoxy) is 1. The maximum absolute atomic E-state index is 11.9.